The van der Waals surface area contributed by atoms with Crippen molar-refractivity contribution in [3.63, 3.8) is 0 Å². The smallest absolute Gasteiger partial charge is 0.257 e. The Morgan fingerprint density at radius 2 is 2.06 bits per heavy atom. The van der Waals surface area contributed by atoms with Crippen LogP contribution in [0.5, 0.6) is 0 Å². The van der Waals surface area contributed by atoms with E-state index < -0.39 is 0 Å². The van der Waals surface area contributed by atoms with Gasteiger partial charge < -0.3 is 9.84 Å². The average Bonchev–Trinajstić information content (AvgIpc) is 3.06. The molecular formula is C13H15N3O. The second-order valence-electron chi connectivity index (χ2n) is 4.49. The van der Waals surface area contributed by atoms with E-state index >= 15 is 0 Å². The Labute approximate surface area is 100 Å². The number of hydrogen-bond donors (Lipinski definition) is 1. The highest BCUT2D eigenvalue weighted by Gasteiger charge is 2.24. The normalized spacial score (nSPS) is 14.9. The van der Waals surface area contributed by atoms with Gasteiger partial charge >= 0.3 is 0 Å². The van der Waals surface area contributed by atoms with Crippen molar-refractivity contribution < 1.29 is 4.52 Å². The summed E-state index contributed by atoms with van der Waals surface area (Å²) < 4.78 is 5.27. The molecule has 0 atom stereocenters. The van der Waals surface area contributed by atoms with Gasteiger partial charge in [0.25, 0.3) is 5.89 Å². The molecule has 0 unspecified atom stereocenters. The van der Waals surface area contributed by atoms with E-state index in [0.29, 0.717) is 5.89 Å². The van der Waals surface area contributed by atoms with Gasteiger partial charge in [0.15, 0.2) is 5.82 Å². The Bertz CT molecular complexity index is 500. The zero-order chi connectivity index (χ0) is 11.7. The van der Waals surface area contributed by atoms with Crippen LogP contribution in [0.1, 0.15) is 18.7 Å². The third kappa shape index (κ3) is 2.30. The van der Waals surface area contributed by atoms with Crippen LogP contribution in [0.2, 0.25) is 0 Å². The second-order valence-corrected chi connectivity index (χ2v) is 4.49. The van der Waals surface area contributed by atoms with E-state index in [4.69, 9.17) is 4.52 Å². The third-order valence-electron chi connectivity index (χ3n) is 3.06. The molecule has 0 aliphatic heterocycles. The molecule has 0 spiro atoms. The first kappa shape index (κ1) is 10.3. The van der Waals surface area contributed by atoms with Crippen LogP contribution >= 0.6 is 0 Å². The molecule has 1 aromatic carbocycles. The number of benzene rings is 1. The Morgan fingerprint density at radius 3 is 2.71 bits per heavy atom. The lowest BCUT2D eigenvalue weighted by Gasteiger charge is -1.99. The number of nitrogens with zero attached hydrogens (tertiary/aromatic N) is 2. The monoisotopic (exact) mass is 229 g/mol. The fourth-order valence-electron chi connectivity index (χ4n) is 1.81. The molecule has 4 nitrogen and oxygen atoms in total. The molecule has 17 heavy (non-hydrogen) atoms. The van der Waals surface area contributed by atoms with Gasteiger partial charge in [-0.3, -0.25) is 0 Å². The highest BCUT2D eigenvalue weighted by molar-refractivity contribution is 5.58. The molecule has 1 aliphatic carbocycles. The zero-order valence-corrected chi connectivity index (χ0v) is 9.81. The summed E-state index contributed by atoms with van der Waals surface area (Å²) in [6.45, 7) is 0. The minimum atomic E-state index is 0.614. The van der Waals surface area contributed by atoms with Crippen LogP contribution in [0.3, 0.4) is 0 Å². The van der Waals surface area contributed by atoms with Crippen molar-refractivity contribution in [3.8, 4) is 11.5 Å². The van der Waals surface area contributed by atoms with E-state index in [9.17, 15) is 0 Å². The summed E-state index contributed by atoms with van der Waals surface area (Å²) in [6.07, 6.45) is 3.57. The molecule has 3 rings (SSSR count). The number of hydrogen-bond acceptors (Lipinski definition) is 4. The highest BCUT2D eigenvalue weighted by atomic mass is 16.5. The maximum Gasteiger partial charge on any atom is 0.257 e. The van der Waals surface area contributed by atoms with Crippen LogP contribution in [0, 0.1) is 5.92 Å². The lowest BCUT2D eigenvalue weighted by atomic mass is 10.2. The molecule has 4 heteroatoms. The Kier molecular flexibility index (Phi) is 2.55. The molecule has 1 fully saturated rings. The molecule has 1 heterocycles. The Hall–Kier alpha value is -1.84. The van der Waals surface area contributed by atoms with Crippen molar-refractivity contribution in [1.29, 1.82) is 0 Å². The van der Waals surface area contributed by atoms with Gasteiger partial charge in [-0.2, -0.15) is 4.98 Å². The predicted octanol–water partition coefficient (Wildman–Crippen LogP) is 2.73. The fourth-order valence-corrected chi connectivity index (χ4v) is 1.81. The molecule has 1 saturated carbocycles. The van der Waals surface area contributed by atoms with Crippen LogP contribution in [0.4, 0.5) is 5.69 Å². The quantitative estimate of drug-likeness (QED) is 0.875. The van der Waals surface area contributed by atoms with Gasteiger partial charge in [0.05, 0.1) is 0 Å². The van der Waals surface area contributed by atoms with Crippen LogP contribution < -0.4 is 5.32 Å². The first-order chi connectivity index (χ1) is 8.35. The predicted molar refractivity (Wildman–Crippen MR) is 65.7 cm³/mol. The summed E-state index contributed by atoms with van der Waals surface area (Å²) >= 11 is 0. The molecule has 1 N–H and O–H groups in total. The summed E-state index contributed by atoms with van der Waals surface area (Å²) in [5.41, 5.74) is 2.05. The van der Waals surface area contributed by atoms with Crippen LogP contribution in [-0.4, -0.2) is 17.2 Å². The van der Waals surface area contributed by atoms with E-state index in [1.165, 1.54) is 12.8 Å². The molecule has 0 amide bonds. The van der Waals surface area contributed by atoms with E-state index in [1.807, 2.05) is 31.3 Å². The molecule has 1 aromatic heterocycles. The van der Waals surface area contributed by atoms with Gasteiger partial charge in [-0.1, -0.05) is 5.16 Å². The zero-order valence-electron chi connectivity index (χ0n) is 9.81. The van der Waals surface area contributed by atoms with Gasteiger partial charge in [0, 0.05) is 24.7 Å². The van der Waals surface area contributed by atoms with Crippen LogP contribution in [-0.2, 0) is 6.42 Å². The third-order valence-corrected chi connectivity index (χ3v) is 3.06. The van der Waals surface area contributed by atoms with E-state index in [2.05, 4.69) is 15.5 Å². The van der Waals surface area contributed by atoms with Crippen LogP contribution in [0.25, 0.3) is 11.5 Å². The standard InChI is InChI=1S/C13H15N3O/c1-14-11-6-4-10(5-7-11)13-15-12(16-17-13)8-9-2-3-9/h4-7,9,14H,2-3,8H2,1H3. The first-order valence-corrected chi connectivity index (χ1v) is 5.96. The maximum absolute atomic E-state index is 5.27. The fraction of sp³-hybridized carbons (Fsp3) is 0.385. The first-order valence-electron chi connectivity index (χ1n) is 5.96. The average molecular weight is 229 g/mol. The molecule has 0 saturated heterocycles. The number of anilines is 1. The summed E-state index contributed by atoms with van der Waals surface area (Å²) in [4.78, 5) is 4.42. The summed E-state index contributed by atoms with van der Waals surface area (Å²) in [5, 5.41) is 7.09. The van der Waals surface area contributed by atoms with Crippen molar-refractivity contribution in [2.45, 2.75) is 19.3 Å². The number of nitrogens with one attached hydrogen (secondary N) is 1. The summed E-state index contributed by atoms with van der Waals surface area (Å²) in [6, 6.07) is 7.97. The van der Waals surface area contributed by atoms with Crippen molar-refractivity contribution in [2.75, 3.05) is 12.4 Å². The van der Waals surface area contributed by atoms with E-state index in [-0.39, 0.29) is 0 Å². The molecular weight excluding hydrogens is 214 g/mol. The molecule has 0 bridgehead atoms. The minimum absolute atomic E-state index is 0.614. The number of aromatic nitrogens is 2. The van der Waals surface area contributed by atoms with Gasteiger partial charge in [0.2, 0.25) is 0 Å². The summed E-state index contributed by atoms with van der Waals surface area (Å²) in [7, 11) is 1.90. The topological polar surface area (TPSA) is 51.0 Å². The van der Waals surface area contributed by atoms with Gasteiger partial charge in [-0.05, 0) is 43.0 Å². The van der Waals surface area contributed by atoms with Crippen LogP contribution in [0.15, 0.2) is 28.8 Å². The van der Waals surface area contributed by atoms with Gasteiger partial charge in [0.1, 0.15) is 0 Å². The molecule has 0 radical (unpaired) electrons. The minimum Gasteiger partial charge on any atom is -0.388 e. The van der Waals surface area contributed by atoms with Crippen molar-refractivity contribution in [2.24, 2.45) is 5.92 Å². The molecule has 1 aliphatic rings. The Balaban J connectivity index is 1.79. The molecule has 2 aromatic rings. The lowest BCUT2D eigenvalue weighted by Crippen LogP contribution is -1.89. The van der Waals surface area contributed by atoms with Crippen molar-refractivity contribution in [3.05, 3.63) is 30.1 Å². The molecule has 88 valence electrons. The largest absolute Gasteiger partial charge is 0.388 e. The maximum atomic E-state index is 5.27. The summed E-state index contributed by atoms with van der Waals surface area (Å²) in [5.74, 6) is 2.23. The second kappa shape index (κ2) is 4.20. The SMILES string of the molecule is CNc1ccc(-c2nc(CC3CC3)no2)cc1. The lowest BCUT2D eigenvalue weighted by molar-refractivity contribution is 0.421. The van der Waals surface area contributed by atoms with Crippen molar-refractivity contribution in [1.82, 2.24) is 10.1 Å². The number of rotatable bonds is 4. The van der Waals surface area contributed by atoms with E-state index in [0.717, 1.165) is 29.4 Å². The highest BCUT2D eigenvalue weighted by Crippen LogP contribution is 2.32. The van der Waals surface area contributed by atoms with E-state index in [1.54, 1.807) is 0 Å². The van der Waals surface area contributed by atoms with Crippen molar-refractivity contribution >= 4 is 5.69 Å². The van der Waals surface area contributed by atoms with Gasteiger partial charge in [-0.25, -0.2) is 0 Å². The Morgan fingerprint density at radius 1 is 1.29 bits per heavy atom. The van der Waals surface area contributed by atoms with Gasteiger partial charge in [-0.15, -0.1) is 0 Å².